The second-order valence-electron chi connectivity index (χ2n) is 5.78. The van der Waals surface area contributed by atoms with Gasteiger partial charge in [-0.05, 0) is 30.3 Å². The van der Waals surface area contributed by atoms with E-state index in [0.29, 0.717) is 18.0 Å². The normalized spacial score (nSPS) is 10.7. The number of methoxy groups -OCH3 is 2. The van der Waals surface area contributed by atoms with E-state index in [2.05, 4.69) is 10.4 Å². The van der Waals surface area contributed by atoms with E-state index in [9.17, 15) is 4.79 Å². The fourth-order valence-corrected chi connectivity index (χ4v) is 2.56. The Morgan fingerprint density at radius 2 is 1.96 bits per heavy atom. The molecule has 3 rings (SSSR count). The van der Waals surface area contributed by atoms with E-state index in [1.54, 1.807) is 37.2 Å². The van der Waals surface area contributed by atoms with E-state index in [0.717, 1.165) is 16.8 Å². The first kappa shape index (κ1) is 18.3. The van der Waals surface area contributed by atoms with E-state index in [4.69, 9.17) is 9.47 Å². The second-order valence-corrected chi connectivity index (χ2v) is 5.78. The lowest BCUT2D eigenvalue weighted by Crippen LogP contribution is -2.20. The summed E-state index contributed by atoms with van der Waals surface area (Å²) in [5.74, 6) is 1.18. The summed E-state index contributed by atoms with van der Waals surface area (Å²) in [5, 5.41) is 7.15. The molecule has 0 saturated heterocycles. The van der Waals surface area contributed by atoms with Gasteiger partial charge in [0, 0.05) is 36.0 Å². The standard InChI is InChI=1S/C21H21N3O3/c1-26-19-10-9-17(20(12-19)27-2)14-22-21(25)11-8-16-13-23-24(15-16)18-6-4-3-5-7-18/h3-13,15H,14H2,1-2H3,(H,22,25)/b11-8+. The molecular weight excluding hydrogens is 342 g/mol. The van der Waals surface area contributed by atoms with Crippen molar-refractivity contribution in [1.82, 2.24) is 15.1 Å². The quantitative estimate of drug-likeness (QED) is 0.655. The smallest absolute Gasteiger partial charge is 0.244 e. The molecule has 138 valence electrons. The largest absolute Gasteiger partial charge is 0.497 e. The van der Waals surface area contributed by atoms with Crippen molar-refractivity contribution in [2.75, 3.05) is 14.2 Å². The highest BCUT2D eigenvalue weighted by Crippen LogP contribution is 2.24. The SMILES string of the molecule is COc1ccc(CNC(=O)/C=C/c2cnn(-c3ccccc3)c2)c(OC)c1. The average Bonchev–Trinajstić information content (AvgIpc) is 3.20. The van der Waals surface area contributed by atoms with Crippen LogP contribution in [0.15, 0.2) is 67.0 Å². The lowest BCUT2D eigenvalue weighted by atomic mass is 10.2. The minimum Gasteiger partial charge on any atom is -0.497 e. The summed E-state index contributed by atoms with van der Waals surface area (Å²) in [7, 11) is 3.19. The van der Waals surface area contributed by atoms with Gasteiger partial charge in [0.15, 0.2) is 0 Å². The van der Waals surface area contributed by atoms with Crippen LogP contribution in [0.5, 0.6) is 11.5 Å². The molecule has 0 aliphatic carbocycles. The van der Waals surface area contributed by atoms with Crippen molar-refractivity contribution in [3.63, 3.8) is 0 Å². The van der Waals surface area contributed by atoms with Crippen LogP contribution in [0.4, 0.5) is 0 Å². The molecule has 0 spiro atoms. The molecule has 6 nitrogen and oxygen atoms in total. The van der Waals surface area contributed by atoms with Crippen LogP contribution >= 0.6 is 0 Å². The Kier molecular flexibility index (Phi) is 5.89. The monoisotopic (exact) mass is 363 g/mol. The summed E-state index contributed by atoms with van der Waals surface area (Å²) in [6, 6.07) is 15.3. The number of hydrogen-bond acceptors (Lipinski definition) is 4. The predicted molar refractivity (Wildman–Crippen MR) is 104 cm³/mol. The van der Waals surface area contributed by atoms with E-state index >= 15 is 0 Å². The Labute approximate surface area is 158 Å². The van der Waals surface area contributed by atoms with Gasteiger partial charge in [0.1, 0.15) is 11.5 Å². The number of rotatable bonds is 7. The van der Waals surface area contributed by atoms with Gasteiger partial charge in [0.25, 0.3) is 0 Å². The summed E-state index contributed by atoms with van der Waals surface area (Å²) in [6.45, 7) is 0.361. The zero-order valence-corrected chi connectivity index (χ0v) is 15.3. The number of hydrogen-bond donors (Lipinski definition) is 1. The van der Waals surface area contributed by atoms with Crippen LogP contribution in [0.3, 0.4) is 0 Å². The van der Waals surface area contributed by atoms with Crippen LogP contribution in [-0.4, -0.2) is 29.9 Å². The Hall–Kier alpha value is -3.54. The Morgan fingerprint density at radius 1 is 1.15 bits per heavy atom. The van der Waals surface area contributed by atoms with Crippen LogP contribution in [0, 0.1) is 0 Å². The molecule has 1 aromatic heterocycles. The molecule has 0 aliphatic rings. The van der Waals surface area contributed by atoms with E-state index in [-0.39, 0.29) is 5.91 Å². The third-order valence-electron chi connectivity index (χ3n) is 4.00. The molecule has 0 aliphatic heterocycles. The number of nitrogens with one attached hydrogen (secondary N) is 1. The number of para-hydroxylation sites is 1. The van der Waals surface area contributed by atoms with E-state index < -0.39 is 0 Å². The third-order valence-corrected chi connectivity index (χ3v) is 4.00. The fraction of sp³-hybridized carbons (Fsp3) is 0.143. The van der Waals surface area contributed by atoms with Crippen LogP contribution in [0.1, 0.15) is 11.1 Å². The van der Waals surface area contributed by atoms with Crippen LogP contribution in [-0.2, 0) is 11.3 Å². The highest BCUT2D eigenvalue weighted by Gasteiger charge is 2.06. The molecule has 0 atom stereocenters. The summed E-state index contributed by atoms with van der Waals surface area (Å²) in [4.78, 5) is 12.1. The minimum atomic E-state index is -0.194. The Morgan fingerprint density at radius 3 is 2.70 bits per heavy atom. The molecule has 0 bridgehead atoms. The summed E-state index contributed by atoms with van der Waals surface area (Å²) in [5.41, 5.74) is 2.68. The molecule has 0 radical (unpaired) electrons. The molecule has 0 saturated carbocycles. The van der Waals surface area contributed by atoms with E-state index in [1.165, 1.54) is 6.08 Å². The molecule has 27 heavy (non-hydrogen) atoms. The first-order valence-corrected chi connectivity index (χ1v) is 8.46. The van der Waals surface area contributed by atoms with Gasteiger partial charge in [-0.25, -0.2) is 4.68 Å². The second kappa shape index (κ2) is 8.71. The predicted octanol–water partition coefficient (Wildman–Crippen LogP) is 3.22. The van der Waals surface area contributed by atoms with Crippen LogP contribution < -0.4 is 14.8 Å². The van der Waals surface area contributed by atoms with Crippen molar-refractivity contribution in [2.24, 2.45) is 0 Å². The number of nitrogens with zero attached hydrogens (tertiary/aromatic N) is 2. The zero-order chi connectivity index (χ0) is 19.1. The molecule has 6 heteroatoms. The zero-order valence-electron chi connectivity index (χ0n) is 15.3. The maximum Gasteiger partial charge on any atom is 0.244 e. The van der Waals surface area contributed by atoms with Gasteiger partial charge in [-0.2, -0.15) is 5.10 Å². The number of carbonyl (C=O) groups excluding carboxylic acids is 1. The van der Waals surface area contributed by atoms with Gasteiger partial charge < -0.3 is 14.8 Å². The molecule has 0 unspecified atom stereocenters. The van der Waals surface area contributed by atoms with Crippen molar-refractivity contribution in [2.45, 2.75) is 6.54 Å². The van der Waals surface area contributed by atoms with Gasteiger partial charge >= 0.3 is 0 Å². The lowest BCUT2D eigenvalue weighted by Gasteiger charge is -2.10. The first-order valence-electron chi connectivity index (χ1n) is 8.46. The fourth-order valence-electron chi connectivity index (χ4n) is 2.56. The molecular formula is C21H21N3O3. The minimum absolute atomic E-state index is 0.194. The summed E-state index contributed by atoms with van der Waals surface area (Å²) >= 11 is 0. The number of benzene rings is 2. The van der Waals surface area contributed by atoms with Gasteiger partial charge in [-0.1, -0.05) is 18.2 Å². The topological polar surface area (TPSA) is 65.4 Å². The first-order chi connectivity index (χ1) is 13.2. The van der Waals surface area contributed by atoms with Gasteiger partial charge in [0.2, 0.25) is 5.91 Å². The number of aromatic nitrogens is 2. The third kappa shape index (κ3) is 4.76. The maximum atomic E-state index is 12.1. The molecule has 0 fully saturated rings. The number of ether oxygens (including phenoxy) is 2. The van der Waals surface area contributed by atoms with Crippen molar-refractivity contribution in [3.8, 4) is 17.2 Å². The summed E-state index contributed by atoms with van der Waals surface area (Å²) in [6.07, 6.45) is 6.80. The van der Waals surface area contributed by atoms with Crippen molar-refractivity contribution < 1.29 is 14.3 Å². The Bertz CT molecular complexity index is 933. The molecule has 1 N–H and O–H groups in total. The average molecular weight is 363 g/mol. The van der Waals surface area contributed by atoms with Crippen molar-refractivity contribution >= 4 is 12.0 Å². The highest BCUT2D eigenvalue weighted by molar-refractivity contribution is 5.91. The van der Waals surface area contributed by atoms with Crippen LogP contribution in [0.25, 0.3) is 11.8 Å². The van der Waals surface area contributed by atoms with E-state index in [1.807, 2.05) is 48.7 Å². The highest BCUT2D eigenvalue weighted by atomic mass is 16.5. The van der Waals surface area contributed by atoms with Crippen molar-refractivity contribution in [3.05, 3.63) is 78.1 Å². The maximum absolute atomic E-state index is 12.1. The van der Waals surface area contributed by atoms with Crippen molar-refractivity contribution in [1.29, 1.82) is 0 Å². The Balaban J connectivity index is 1.59. The number of carbonyl (C=O) groups is 1. The van der Waals surface area contributed by atoms with Gasteiger partial charge in [-0.3, -0.25) is 4.79 Å². The number of amides is 1. The van der Waals surface area contributed by atoms with Crippen LogP contribution in [0.2, 0.25) is 0 Å². The summed E-state index contributed by atoms with van der Waals surface area (Å²) < 4.78 is 12.3. The lowest BCUT2D eigenvalue weighted by molar-refractivity contribution is -0.116. The molecule has 1 amide bonds. The molecule has 3 aromatic rings. The molecule has 1 heterocycles. The van der Waals surface area contributed by atoms with Gasteiger partial charge in [-0.15, -0.1) is 0 Å². The molecule has 2 aromatic carbocycles. The van der Waals surface area contributed by atoms with Gasteiger partial charge in [0.05, 0.1) is 26.1 Å².